The summed E-state index contributed by atoms with van der Waals surface area (Å²) in [7, 11) is 0. The highest BCUT2D eigenvalue weighted by atomic mass is 16.1. The molecule has 1 aliphatic rings. The third-order valence-electron chi connectivity index (χ3n) is 2.60. The maximum atomic E-state index is 11.3. The molecule has 1 aromatic heterocycles. The molecule has 2 heterocycles. The summed E-state index contributed by atoms with van der Waals surface area (Å²) in [6.07, 6.45) is 7.39. The molecule has 0 aliphatic carbocycles. The second-order valence-electron chi connectivity index (χ2n) is 3.76. The lowest BCUT2D eigenvalue weighted by Crippen LogP contribution is -2.22. The molecular formula is C11H16N4O. The van der Waals surface area contributed by atoms with Crippen LogP contribution in [-0.4, -0.2) is 29.6 Å². The highest BCUT2D eigenvalue weighted by Crippen LogP contribution is 2.08. The fourth-order valence-corrected chi connectivity index (χ4v) is 1.72. The van der Waals surface area contributed by atoms with Crippen LogP contribution < -0.4 is 16.2 Å². The van der Waals surface area contributed by atoms with Crippen molar-refractivity contribution in [1.82, 2.24) is 15.3 Å². The van der Waals surface area contributed by atoms with Gasteiger partial charge >= 0.3 is 0 Å². The summed E-state index contributed by atoms with van der Waals surface area (Å²) in [5, 5.41) is 6.31. The van der Waals surface area contributed by atoms with Gasteiger partial charge in [0.2, 0.25) is 0 Å². The largest absolute Gasteiger partial charge is 0.365 e. The third-order valence-corrected chi connectivity index (χ3v) is 2.60. The number of hydrogen-bond donors (Lipinski definition) is 3. The average Bonchev–Trinajstić information content (AvgIpc) is 2.33. The maximum absolute atomic E-state index is 11.3. The number of H-pyrrole nitrogens is 1. The first-order valence-electron chi connectivity index (χ1n) is 5.52. The van der Waals surface area contributed by atoms with E-state index in [-0.39, 0.29) is 5.56 Å². The SMILES string of the molecule is O=c1[nH]ccnc1NCCC1=CCNCC1. The van der Waals surface area contributed by atoms with E-state index in [4.69, 9.17) is 0 Å². The second kappa shape index (κ2) is 5.46. The monoisotopic (exact) mass is 220 g/mol. The van der Waals surface area contributed by atoms with Gasteiger partial charge in [-0.05, 0) is 19.4 Å². The molecule has 2 rings (SSSR count). The Morgan fingerprint density at radius 2 is 2.44 bits per heavy atom. The van der Waals surface area contributed by atoms with E-state index in [0.29, 0.717) is 5.82 Å². The predicted molar refractivity (Wildman–Crippen MR) is 63.5 cm³/mol. The van der Waals surface area contributed by atoms with Gasteiger partial charge in [0.15, 0.2) is 5.82 Å². The molecule has 0 fully saturated rings. The van der Waals surface area contributed by atoms with Crippen LogP contribution in [0.15, 0.2) is 28.8 Å². The maximum Gasteiger partial charge on any atom is 0.290 e. The van der Waals surface area contributed by atoms with Crippen molar-refractivity contribution in [2.45, 2.75) is 12.8 Å². The molecule has 86 valence electrons. The van der Waals surface area contributed by atoms with Gasteiger partial charge in [0.1, 0.15) is 0 Å². The molecule has 1 aliphatic heterocycles. The van der Waals surface area contributed by atoms with Gasteiger partial charge in [-0.3, -0.25) is 4.79 Å². The minimum Gasteiger partial charge on any atom is -0.365 e. The summed E-state index contributed by atoms with van der Waals surface area (Å²) >= 11 is 0. The number of aromatic amines is 1. The van der Waals surface area contributed by atoms with Crippen molar-refractivity contribution in [1.29, 1.82) is 0 Å². The van der Waals surface area contributed by atoms with E-state index in [9.17, 15) is 4.79 Å². The van der Waals surface area contributed by atoms with Gasteiger partial charge in [-0.1, -0.05) is 11.6 Å². The normalized spacial score (nSPS) is 15.6. The van der Waals surface area contributed by atoms with Crippen LogP contribution >= 0.6 is 0 Å². The van der Waals surface area contributed by atoms with E-state index in [2.05, 4.69) is 26.7 Å². The van der Waals surface area contributed by atoms with Gasteiger partial charge in [-0.25, -0.2) is 4.98 Å². The zero-order valence-corrected chi connectivity index (χ0v) is 9.12. The van der Waals surface area contributed by atoms with Crippen LogP contribution in [0.25, 0.3) is 0 Å². The summed E-state index contributed by atoms with van der Waals surface area (Å²) in [6.45, 7) is 2.77. The quantitative estimate of drug-likeness (QED) is 0.646. The molecular weight excluding hydrogens is 204 g/mol. The first kappa shape index (κ1) is 10.9. The highest BCUT2D eigenvalue weighted by molar-refractivity contribution is 5.30. The van der Waals surface area contributed by atoms with Crippen molar-refractivity contribution in [2.24, 2.45) is 0 Å². The first-order valence-corrected chi connectivity index (χ1v) is 5.52. The van der Waals surface area contributed by atoms with E-state index in [1.807, 2.05) is 0 Å². The Kier molecular flexibility index (Phi) is 3.71. The molecule has 16 heavy (non-hydrogen) atoms. The zero-order valence-electron chi connectivity index (χ0n) is 9.12. The lowest BCUT2D eigenvalue weighted by atomic mass is 10.1. The number of nitrogens with zero attached hydrogens (tertiary/aromatic N) is 1. The Bertz CT molecular complexity index is 424. The van der Waals surface area contributed by atoms with Crippen molar-refractivity contribution in [3.8, 4) is 0 Å². The molecule has 0 unspecified atom stereocenters. The predicted octanol–water partition coefficient (Wildman–Crippen LogP) is 0.492. The minimum atomic E-state index is -0.165. The minimum absolute atomic E-state index is 0.165. The zero-order chi connectivity index (χ0) is 11.2. The number of hydrogen-bond acceptors (Lipinski definition) is 4. The van der Waals surface area contributed by atoms with Gasteiger partial charge in [-0.15, -0.1) is 0 Å². The molecule has 0 atom stereocenters. The lowest BCUT2D eigenvalue weighted by Gasteiger charge is -2.14. The molecule has 0 saturated heterocycles. The van der Waals surface area contributed by atoms with Crippen molar-refractivity contribution in [2.75, 3.05) is 25.0 Å². The Morgan fingerprint density at radius 1 is 1.50 bits per heavy atom. The number of aromatic nitrogens is 2. The molecule has 0 bridgehead atoms. The van der Waals surface area contributed by atoms with E-state index < -0.39 is 0 Å². The van der Waals surface area contributed by atoms with E-state index in [1.54, 1.807) is 6.20 Å². The molecule has 5 nitrogen and oxygen atoms in total. The lowest BCUT2D eigenvalue weighted by molar-refractivity contribution is 0.683. The summed E-state index contributed by atoms with van der Waals surface area (Å²) in [5.41, 5.74) is 1.28. The van der Waals surface area contributed by atoms with Crippen LogP contribution in [0.3, 0.4) is 0 Å². The Labute approximate surface area is 94.0 Å². The highest BCUT2D eigenvalue weighted by Gasteiger charge is 2.03. The van der Waals surface area contributed by atoms with E-state index in [1.165, 1.54) is 11.8 Å². The molecule has 5 heteroatoms. The first-order chi connectivity index (χ1) is 7.86. The van der Waals surface area contributed by atoms with Gasteiger partial charge in [0, 0.05) is 25.5 Å². The van der Waals surface area contributed by atoms with Gasteiger partial charge in [0.25, 0.3) is 5.56 Å². The molecule has 0 spiro atoms. The van der Waals surface area contributed by atoms with E-state index >= 15 is 0 Å². The average molecular weight is 220 g/mol. The van der Waals surface area contributed by atoms with E-state index in [0.717, 1.165) is 32.5 Å². The summed E-state index contributed by atoms with van der Waals surface area (Å²) in [6, 6.07) is 0. The number of rotatable bonds is 4. The van der Waals surface area contributed by atoms with Crippen LogP contribution in [0.2, 0.25) is 0 Å². The fraction of sp³-hybridized carbons (Fsp3) is 0.455. The Morgan fingerprint density at radius 3 is 3.19 bits per heavy atom. The molecule has 3 N–H and O–H groups in total. The van der Waals surface area contributed by atoms with Crippen LogP contribution in [0.4, 0.5) is 5.82 Å². The van der Waals surface area contributed by atoms with Crippen molar-refractivity contribution in [3.63, 3.8) is 0 Å². The van der Waals surface area contributed by atoms with Gasteiger partial charge in [-0.2, -0.15) is 0 Å². The third kappa shape index (κ3) is 2.93. The summed E-state index contributed by atoms with van der Waals surface area (Å²) in [4.78, 5) is 17.9. The topological polar surface area (TPSA) is 69.8 Å². The number of nitrogens with one attached hydrogen (secondary N) is 3. The number of anilines is 1. The fourth-order valence-electron chi connectivity index (χ4n) is 1.72. The van der Waals surface area contributed by atoms with Crippen molar-refractivity contribution >= 4 is 5.82 Å². The van der Waals surface area contributed by atoms with Crippen molar-refractivity contribution in [3.05, 3.63) is 34.4 Å². The van der Waals surface area contributed by atoms with Gasteiger partial charge in [0.05, 0.1) is 0 Å². The molecule has 1 aromatic rings. The molecule has 0 saturated carbocycles. The van der Waals surface area contributed by atoms with Crippen LogP contribution in [0.5, 0.6) is 0 Å². The van der Waals surface area contributed by atoms with Crippen LogP contribution in [-0.2, 0) is 0 Å². The molecule has 0 aromatic carbocycles. The second-order valence-corrected chi connectivity index (χ2v) is 3.76. The van der Waals surface area contributed by atoms with Crippen molar-refractivity contribution < 1.29 is 0 Å². The summed E-state index contributed by atoms with van der Waals surface area (Å²) < 4.78 is 0. The smallest absolute Gasteiger partial charge is 0.290 e. The standard InChI is InChI=1S/C11H16N4O/c16-11-10(14-7-8-15-11)13-6-3-9-1-4-12-5-2-9/h1,7-8,12H,2-6H2,(H,13,14)(H,15,16). The summed E-state index contributed by atoms with van der Waals surface area (Å²) in [5.74, 6) is 0.400. The van der Waals surface area contributed by atoms with Crippen LogP contribution in [0.1, 0.15) is 12.8 Å². The Hall–Kier alpha value is -1.62. The van der Waals surface area contributed by atoms with Crippen LogP contribution in [0, 0.1) is 0 Å². The van der Waals surface area contributed by atoms with Gasteiger partial charge < -0.3 is 15.6 Å². The Balaban J connectivity index is 1.82. The molecule has 0 amide bonds. The molecule has 0 radical (unpaired) electrons.